The fraction of sp³-hybridized carbons (Fsp3) is 0.385. The van der Waals surface area contributed by atoms with E-state index in [2.05, 4.69) is 5.32 Å². The highest BCUT2D eigenvalue weighted by Crippen LogP contribution is 2.07. The average Bonchev–Trinajstić information content (AvgIpc) is 2.37. The number of nitrogens with two attached hydrogens (primary N) is 1. The molecule has 0 aliphatic rings. The summed E-state index contributed by atoms with van der Waals surface area (Å²) >= 11 is 0. The summed E-state index contributed by atoms with van der Waals surface area (Å²) in [7, 11) is 1.39. The molecule has 4 N–H and O–H groups in total. The molecule has 6 heteroatoms. The Morgan fingerprint density at radius 1 is 1.37 bits per heavy atom. The second-order valence-corrected chi connectivity index (χ2v) is 4.16. The molecule has 0 bridgehead atoms. The minimum Gasteiger partial charge on any atom is -0.480 e. The fourth-order valence-electron chi connectivity index (χ4n) is 1.55. The number of aliphatic carboxylic acids is 1. The number of anilines is 1. The van der Waals surface area contributed by atoms with Gasteiger partial charge in [0.15, 0.2) is 6.04 Å². The summed E-state index contributed by atoms with van der Waals surface area (Å²) in [6.07, 6.45) is 0.753. The summed E-state index contributed by atoms with van der Waals surface area (Å²) in [5.74, 6) is -1.43. The van der Waals surface area contributed by atoms with E-state index in [1.807, 2.05) is 12.1 Å². The van der Waals surface area contributed by atoms with Gasteiger partial charge in [0.25, 0.3) is 0 Å². The molecule has 0 spiro atoms. The van der Waals surface area contributed by atoms with E-state index in [1.165, 1.54) is 7.11 Å². The number of methoxy groups -OCH3 is 1. The van der Waals surface area contributed by atoms with Crippen LogP contribution in [0.1, 0.15) is 12.0 Å². The molecule has 19 heavy (non-hydrogen) atoms. The van der Waals surface area contributed by atoms with Crippen LogP contribution in [0.25, 0.3) is 0 Å². The van der Waals surface area contributed by atoms with Crippen molar-refractivity contribution in [2.24, 2.45) is 0 Å². The number of ether oxygens (including phenoxy) is 1. The number of carboxylic acids is 1. The predicted octanol–water partition coefficient (Wildman–Crippen LogP) is 0.417. The van der Waals surface area contributed by atoms with E-state index in [1.54, 1.807) is 12.1 Å². The third-order valence-corrected chi connectivity index (χ3v) is 2.59. The lowest BCUT2D eigenvalue weighted by Crippen LogP contribution is -2.43. The molecule has 0 aromatic heterocycles. The number of aryl methyl sites for hydroxylation is 1. The third kappa shape index (κ3) is 5.39. The van der Waals surface area contributed by atoms with Crippen LogP contribution in [0.15, 0.2) is 24.3 Å². The Balaban J connectivity index is 2.42. The number of benzene rings is 1. The highest BCUT2D eigenvalue weighted by molar-refractivity contribution is 5.83. The van der Waals surface area contributed by atoms with E-state index in [0.717, 1.165) is 5.56 Å². The summed E-state index contributed by atoms with van der Waals surface area (Å²) in [5, 5.41) is 11.3. The second-order valence-electron chi connectivity index (χ2n) is 4.16. The number of hydrogen-bond acceptors (Lipinski definition) is 4. The number of nitrogen functional groups attached to an aromatic ring is 1. The summed E-state index contributed by atoms with van der Waals surface area (Å²) in [6.45, 7) is -0.0526. The standard InChI is InChI=1S/C13H18N2O4/c1-19-8-11(13(17)18)15-12(16)7-4-9-2-5-10(14)6-3-9/h2-3,5-6,11H,4,7-8,14H2,1H3,(H,15,16)(H,17,18). The smallest absolute Gasteiger partial charge is 0.328 e. The number of carbonyl (C=O) groups excluding carboxylic acids is 1. The van der Waals surface area contributed by atoms with Gasteiger partial charge in [0, 0.05) is 19.2 Å². The molecular weight excluding hydrogens is 248 g/mol. The quantitative estimate of drug-likeness (QED) is 0.621. The van der Waals surface area contributed by atoms with Crippen LogP contribution in [0.2, 0.25) is 0 Å². The number of carbonyl (C=O) groups is 2. The zero-order chi connectivity index (χ0) is 14.3. The van der Waals surface area contributed by atoms with Crippen molar-refractivity contribution in [1.29, 1.82) is 0 Å². The molecule has 1 amide bonds. The summed E-state index contributed by atoms with van der Waals surface area (Å²) in [4.78, 5) is 22.4. The van der Waals surface area contributed by atoms with Crippen molar-refractivity contribution in [3.63, 3.8) is 0 Å². The van der Waals surface area contributed by atoms with Gasteiger partial charge in [-0.2, -0.15) is 0 Å². The second kappa shape index (κ2) is 7.38. The molecule has 0 heterocycles. The van der Waals surface area contributed by atoms with Gasteiger partial charge in [-0.25, -0.2) is 4.79 Å². The molecule has 0 saturated carbocycles. The van der Waals surface area contributed by atoms with Crippen LogP contribution in [0, 0.1) is 0 Å². The number of carboxylic acid groups (broad SMARTS) is 1. The maximum atomic E-state index is 11.6. The third-order valence-electron chi connectivity index (χ3n) is 2.59. The van der Waals surface area contributed by atoms with E-state index >= 15 is 0 Å². The average molecular weight is 266 g/mol. The van der Waals surface area contributed by atoms with Crippen LogP contribution >= 0.6 is 0 Å². The van der Waals surface area contributed by atoms with E-state index in [9.17, 15) is 9.59 Å². The Morgan fingerprint density at radius 3 is 2.53 bits per heavy atom. The van der Waals surface area contributed by atoms with Crippen molar-refractivity contribution in [3.05, 3.63) is 29.8 Å². The zero-order valence-corrected chi connectivity index (χ0v) is 10.8. The van der Waals surface area contributed by atoms with Crippen LogP contribution in [-0.4, -0.2) is 36.7 Å². The van der Waals surface area contributed by atoms with Gasteiger partial charge >= 0.3 is 5.97 Å². The minimum atomic E-state index is -1.11. The van der Waals surface area contributed by atoms with Crippen LogP contribution < -0.4 is 11.1 Å². The van der Waals surface area contributed by atoms with E-state index in [0.29, 0.717) is 12.1 Å². The van der Waals surface area contributed by atoms with Crippen LogP contribution in [-0.2, 0) is 20.7 Å². The molecule has 0 radical (unpaired) electrons. The van der Waals surface area contributed by atoms with Gasteiger partial charge in [-0.05, 0) is 24.1 Å². The van der Waals surface area contributed by atoms with Gasteiger partial charge in [-0.1, -0.05) is 12.1 Å². The number of amides is 1. The normalized spacial score (nSPS) is 11.8. The largest absolute Gasteiger partial charge is 0.480 e. The van der Waals surface area contributed by atoms with Crippen LogP contribution in [0.3, 0.4) is 0 Å². The lowest BCUT2D eigenvalue weighted by molar-refractivity contribution is -0.143. The molecule has 6 nitrogen and oxygen atoms in total. The van der Waals surface area contributed by atoms with E-state index < -0.39 is 12.0 Å². The molecule has 1 rings (SSSR count). The molecule has 0 saturated heterocycles. The minimum absolute atomic E-state index is 0.0526. The zero-order valence-electron chi connectivity index (χ0n) is 10.8. The molecule has 0 aliphatic heterocycles. The van der Waals surface area contributed by atoms with Crippen molar-refractivity contribution < 1.29 is 19.4 Å². The Hall–Kier alpha value is -2.08. The van der Waals surface area contributed by atoms with Crippen molar-refractivity contribution >= 4 is 17.6 Å². The molecule has 1 aromatic rings. The topological polar surface area (TPSA) is 102 Å². The highest BCUT2D eigenvalue weighted by atomic mass is 16.5. The first-order valence-electron chi connectivity index (χ1n) is 5.88. The number of nitrogens with one attached hydrogen (secondary N) is 1. The SMILES string of the molecule is COCC(NC(=O)CCc1ccc(N)cc1)C(=O)O. The van der Waals surface area contributed by atoms with Crippen molar-refractivity contribution in [3.8, 4) is 0 Å². The lowest BCUT2D eigenvalue weighted by Gasteiger charge is -2.13. The summed E-state index contributed by atoms with van der Waals surface area (Å²) in [6, 6.07) is 6.19. The molecule has 0 aliphatic carbocycles. The maximum Gasteiger partial charge on any atom is 0.328 e. The first-order chi connectivity index (χ1) is 9.02. The highest BCUT2D eigenvalue weighted by Gasteiger charge is 2.19. The fourth-order valence-corrected chi connectivity index (χ4v) is 1.55. The Labute approximate surface area is 111 Å². The number of rotatable bonds is 7. The van der Waals surface area contributed by atoms with Gasteiger partial charge in [0.05, 0.1) is 6.61 Å². The Kier molecular flexibility index (Phi) is 5.81. The van der Waals surface area contributed by atoms with Gasteiger partial charge in [0.1, 0.15) is 0 Å². The van der Waals surface area contributed by atoms with Gasteiger partial charge < -0.3 is 20.9 Å². The van der Waals surface area contributed by atoms with Crippen LogP contribution in [0.5, 0.6) is 0 Å². The van der Waals surface area contributed by atoms with Crippen molar-refractivity contribution in [2.75, 3.05) is 19.5 Å². The molecular formula is C13H18N2O4. The van der Waals surface area contributed by atoms with Crippen molar-refractivity contribution in [2.45, 2.75) is 18.9 Å². The van der Waals surface area contributed by atoms with Gasteiger partial charge in [0.2, 0.25) is 5.91 Å². The summed E-state index contributed by atoms with van der Waals surface area (Å²) < 4.78 is 4.73. The first kappa shape index (κ1) is 15.0. The summed E-state index contributed by atoms with van der Waals surface area (Å²) in [5.41, 5.74) is 7.20. The lowest BCUT2D eigenvalue weighted by atomic mass is 10.1. The first-order valence-corrected chi connectivity index (χ1v) is 5.88. The monoisotopic (exact) mass is 266 g/mol. The predicted molar refractivity (Wildman–Crippen MR) is 70.6 cm³/mol. The van der Waals surface area contributed by atoms with Crippen LogP contribution in [0.4, 0.5) is 5.69 Å². The van der Waals surface area contributed by atoms with Crippen molar-refractivity contribution in [1.82, 2.24) is 5.32 Å². The van der Waals surface area contributed by atoms with E-state index in [-0.39, 0.29) is 18.9 Å². The van der Waals surface area contributed by atoms with Gasteiger partial charge in [-0.3, -0.25) is 4.79 Å². The number of hydrogen-bond donors (Lipinski definition) is 3. The molecule has 104 valence electrons. The maximum absolute atomic E-state index is 11.6. The molecule has 1 aromatic carbocycles. The molecule has 1 atom stereocenters. The molecule has 0 fully saturated rings. The molecule has 1 unspecified atom stereocenters. The van der Waals surface area contributed by atoms with Gasteiger partial charge in [-0.15, -0.1) is 0 Å². The van der Waals surface area contributed by atoms with E-state index in [4.69, 9.17) is 15.6 Å². The Morgan fingerprint density at radius 2 is 2.00 bits per heavy atom. The Bertz CT molecular complexity index is 431.